The summed E-state index contributed by atoms with van der Waals surface area (Å²) < 4.78 is 37.6. The number of nitrogens with zero attached hydrogens (tertiary/aromatic N) is 2. The van der Waals surface area contributed by atoms with Gasteiger partial charge in [-0.05, 0) is 51.1 Å². The van der Waals surface area contributed by atoms with Crippen molar-refractivity contribution in [3.8, 4) is 5.75 Å². The number of aromatic nitrogens is 2. The third-order valence-corrected chi connectivity index (χ3v) is 7.86. The fourth-order valence-corrected chi connectivity index (χ4v) is 5.87. The lowest BCUT2D eigenvalue weighted by Crippen LogP contribution is -2.42. The standard InChI is InChI=1S/C23H33N4O8PS/c1-15(2)33-22(29)16(3)26-36(31,35-17-7-5-4-6-8-17)32-13-19-18(28)10-12-37-14-21(34-19)27-11-9-20(24)25-23(27)30/h4-9,11,15-16,18-19,21,28H,10,12-14H2,1-3H3,(H,26,31)(H2,24,25,30)/t16-,18-,19+,21+,36?/m0/s1. The number of nitrogen functional groups attached to an aromatic ring is 1. The summed E-state index contributed by atoms with van der Waals surface area (Å²) in [7, 11) is -4.17. The van der Waals surface area contributed by atoms with Gasteiger partial charge in [-0.15, -0.1) is 0 Å². The lowest BCUT2D eigenvalue weighted by Gasteiger charge is -2.32. The largest absolute Gasteiger partial charge is 0.462 e. The van der Waals surface area contributed by atoms with Gasteiger partial charge < -0.3 is 24.8 Å². The number of carbonyl (C=O) groups is 1. The number of para-hydroxylation sites is 1. The van der Waals surface area contributed by atoms with E-state index in [0.29, 0.717) is 17.9 Å². The van der Waals surface area contributed by atoms with Crippen molar-refractivity contribution in [2.45, 2.75) is 57.8 Å². The fourth-order valence-electron chi connectivity index (χ4n) is 3.35. The van der Waals surface area contributed by atoms with Gasteiger partial charge in [0.1, 0.15) is 29.9 Å². The summed E-state index contributed by atoms with van der Waals surface area (Å²) in [6.07, 6.45) is -1.25. The normalized spacial score (nSPS) is 22.9. The molecule has 1 aromatic carbocycles. The minimum Gasteiger partial charge on any atom is -0.462 e. The summed E-state index contributed by atoms with van der Waals surface area (Å²) in [4.78, 5) is 28.5. The van der Waals surface area contributed by atoms with Gasteiger partial charge in [-0.25, -0.2) is 9.36 Å². The molecule has 1 aromatic heterocycles. The molecule has 204 valence electrons. The molecule has 0 radical (unpaired) electrons. The lowest BCUT2D eigenvalue weighted by molar-refractivity contribution is -0.149. The smallest absolute Gasteiger partial charge is 0.459 e. The quantitative estimate of drug-likeness (QED) is 0.289. The number of hydrogen-bond donors (Lipinski definition) is 3. The van der Waals surface area contributed by atoms with Crippen LogP contribution in [0.3, 0.4) is 0 Å². The SMILES string of the molecule is CC(C)OC(=O)[C@H](C)NP(=O)(OC[C@H]1O[C@@H](n2ccc(N)nc2=O)CSCC[C@@H]1O)Oc1ccccc1. The predicted molar refractivity (Wildman–Crippen MR) is 139 cm³/mol. The summed E-state index contributed by atoms with van der Waals surface area (Å²) in [6.45, 7) is 4.52. The number of thioether (sulfide) groups is 1. The molecular weight excluding hydrogens is 523 g/mol. The maximum atomic E-state index is 13.7. The molecule has 12 nitrogen and oxygen atoms in total. The van der Waals surface area contributed by atoms with Crippen LogP contribution in [0.15, 0.2) is 47.4 Å². The number of hydrogen-bond acceptors (Lipinski definition) is 11. The minimum atomic E-state index is -4.17. The molecule has 1 unspecified atom stereocenters. The number of ether oxygens (including phenoxy) is 2. The monoisotopic (exact) mass is 556 g/mol. The Morgan fingerprint density at radius 1 is 1.32 bits per heavy atom. The fraction of sp³-hybridized carbons (Fsp3) is 0.522. The highest BCUT2D eigenvalue weighted by Gasteiger charge is 2.36. The second kappa shape index (κ2) is 13.4. The van der Waals surface area contributed by atoms with E-state index in [-0.39, 0.29) is 24.3 Å². The molecule has 0 aliphatic carbocycles. The number of esters is 1. The molecule has 1 fully saturated rings. The summed E-state index contributed by atoms with van der Waals surface area (Å²) in [5.74, 6) is 0.697. The molecule has 4 N–H and O–H groups in total. The third-order valence-electron chi connectivity index (χ3n) is 5.18. The number of aliphatic hydroxyl groups is 1. The molecule has 1 aliphatic heterocycles. The van der Waals surface area contributed by atoms with E-state index in [4.69, 9.17) is 24.3 Å². The molecule has 14 heteroatoms. The van der Waals surface area contributed by atoms with Gasteiger partial charge in [0.2, 0.25) is 0 Å². The molecule has 37 heavy (non-hydrogen) atoms. The molecule has 1 saturated heterocycles. The zero-order valence-electron chi connectivity index (χ0n) is 20.9. The van der Waals surface area contributed by atoms with Gasteiger partial charge in [-0.1, -0.05) is 18.2 Å². The van der Waals surface area contributed by atoms with E-state index in [0.717, 1.165) is 0 Å². The Morgan fingerprint density at radius 2 is 2.05 bits per heavy atom. The Hall–Kier alpha value is -2.41. The Morgan fingerprint density at radius 3 is 2.73 bits per heavy atom. The summed E-state index contributed by atoms with van der Waals surface area (Å²) in [6, 6.07) is 8.77. The highest BCUT2D eigenvalue weighted by Crippen LogP contribution is 2.45. The van der Waals surface area contributed by atoms with E-state index in [2.05, 4.69) is 10.1 Å². The number of carbonyl (C=O) groups excluding carboxylic acids is 1. The van der Waals surface area contributed by atoms with E-state index in [9.17, 15) is 19.3 Å². The maximum Gasteiger partial charge on any atom is 0.459 e. The molecule has 1 aliphatic rings. The highest BCUT2D eigenvalue weighted by atomic mass is 32.2. The van der Waals surface area contributed by atoms with E-state index >= 15 is 0 Å². The predicted octanol–water partition coefficient (Wildman–Crippen LogP) is 2.34. The molecule has 0 saturated carbocycles. The second-order valence-electron chi connectivity index (χ2n) is 8.64. The van der Waals surface area contributed by atoms with Gasteiger partial charge in [0, 0.05) is 11.9 Å². The summed E-state index contributed by atoms with van der Waals surface area (Å²) in [5.41, 5.74) is 4.99. The Balaban J connectivity index is 1.79. The topological polar surface area (TPSA) is 164 Å². The number of rotatable bonds is 10. The van der Waals surface area contributed by atoms with Crippen LogP contribution in [0.25, 0.3) is 0 Å². The van der Waals surface area contributed by atoms with Crippen molar-refractivity contribution in [1.29, 1.82) is 0 Å². The third kappa shape index (κ3) is 8.84. The van der Waals surface area contributed by atoms with Crippen molar-refractivity contribution >= 4 is 31.3 Å². The van der Waals surface area contributed by atoms with Gasteiger partial charge >= 0.3 is 19.4 Å². The van der Waals surface area contributed by atoms with E-state index in [1.165, 1.54) is 35.5 Å². The second-order valence-corrected chi connectivity index (χ2v) is 11.5. The minimum absolute atomic E-state index is 0.0786. The average molecular weight is 557 g/mol. The van der Waals surface area contributed by atoms with Crippen LogP contribution in [0.4, 0.5) is 5.82 Å². The number of nitrogens with two attached hydrogens (primary N) is 1. The first-order valence-electron chi connectivity index (χ1n) is 11.8. The molecule has 3 rings (SSSR count). The molecule has 0 bridgehead atoms. The van der Waals surface area contributed by atoms with Crippen molar-refractivity contribution in [2.75, 3.05) is 23.8 Å². The Labute approximate surface area is 219 Å². The first kappa shape index (κ1) is 29.2. The number of benzene rings is 1. The Kier molecular flexibility index (Phi) is 10.6. The molecule has 5 atom stereocenters. The number of nitrogens with one attached hydrogen (secondary N) is 1. The van der Waals surface area contributed by atoms with Gasteiger partial charge in [-0.2, -0.15) is 21.8 Å². The van der Waals surface area contributed by atoms with Crippen molar-refractivity contribution in [3.05, 3.63) is 53.1 Å². The Bertz CT molecular complexity index is 1140. The summed E-state index contributed by atoms with van der Waals surface area (Å²) >= 11 is 1.50. The van der Waals surface area contributed by atoms with E-state index < -0.39 is 43.9 Å². The van der Waals surface area contributed by atoms with Gasteiger partial charge in [-0.3, -0.25) is 13.9 Å². The maximum absolute atomic E-state index is 13.7. The molecular formula is C23H33N4O8PS. The molecule has 0 amide bonds. The highest BCUT2D eigenvalue weighted by molar-refractivity contribution is 7.99. The first-order valence-corrected chi connectivity index (χ1v) is 14.5. The number of aliphatic hydroxyl groups excluding tert-OH is 1. The van der Waals surface area contributed by atoms with Crippen LogP contribution in [0.5, 0.6) is 5.75 Å². The molecule has 2 heterocycles. The van der Waals surface area contributed by atoms with Crippen LogP contribution in [0, 0.1) is 0 Å². The van der Waals surface area contributed by atoms with Crippen LogP contribution >= 0.6 is 19.5 Å². The number of anilines is 1. The van der Waals surface area contributed by atoms with Crippen molar-refractivity contribution in [3.63, 3.8) is 0 Å². The molecule has 2 aromatic rings. The van der Waals surface area contributed by atoms with Crippen molar-refractivity contribution in [1.82, 2.24) is 14.6 Å². The van der Waals surface area contributed by atoms with Crippen LogP contribution in [-0.4, -0.2) is 63.1 Å². The zero-order valence-corrected chi connectivity index (χ0v) is 22.6. The van der Waals surface area contributed by atoms with Crippen LogP contribution in [0.2, 0.25) is 0 Å². The van der Waals surface area contributed by atoms with Gasteiger partial charge in [0.15, 0.2) is 0 Å². The van der Waals surface area contributed by atoms with Crippen molar-refractivity contribution < 1.29 is 33.0 Å². The summed E-state index contributed by atoms with van der Waals surface area (Å²) in [5, 5.41) is 13.3. The average Bonchev–Trinajstić information content (AvgIpc) is 2.82. The zero-order chi connectivity index (χ0) is 27.0. The van der Waals surface area contributed by atoms with Gasteiger partial charge in [0.25, 0.3) is 0 Å². The van der Waals surface area contributed by atoms with E-state index in [1.54, 1.807) is 44.2 Å². The van der Waals surface area contributed by atoms with Crippen molar-refractivity contribution in [2.24, 2.45) is 0 Å². The lowest BCUT2D eigenvalue weighted by atomic mass is 10.1. The first-order chi connectivity index (χ1) is 17.6. The van der Waals surface area contributed by atoms with E-state index in [1.807, 2.05) is 0 Å². The van der Waals surface area contributed by atoms with Crippen LogP contribution in [-0.2, 0) is 23.4 Å². The molecule has 0 spiro atoms. The van der Waals surface area contributed by atoms with Crippen LogP contribution < -0.4 is 21.0 Å². The van der Waals surface area contributed by atoms with Crippen LogP contribution in [0.1, 0.15) is 33.4 Å². The van der Waals surface area contributed by atoms with Gasteiger partial charge in [0.05, 0.1) is 18.8 Å².